The minimum absolute atomic E-state index is 0.0219. The molecule has 0 aliphatic carbocycles. The molecule has 1 amide bonds. The first-order chi connectivity index (χ1) is 18.9. The molecule has 0 bridgehead atoms. The van der Waals surface area contributed by atoms with Gasteiger partial charge in [0.1, 0.15) is 11.6 Å². The van der Waals surface area contributed by atoms with Gasteiger partial charge in [-0.2, -0.15) is 4.98 Å². The Morgan fingerprint density at radius 2 is 1.67 bits per heavy atom. The summed E-state index contributed by atoms with van der Waals surface area (Å²) in [6.45, 7) is 4.17. The lowest BCUT2D eigenvalue weighted by Crippen LogP contribution is -2.38. The van der Waals surface area contributed by atoms with E-state index in [4.69, 9.17) is 13.7 Å². The van der Waals surface area contributed by atoms with Gasteiger partial charge in [-0.25, -0.2) is 4.39 Å². The van der Waals surface area contributed by atoms with Gasteiger partial charge in [0.25, 0.3) is 18.3 Å². The number of carbonyl (C=O) groups excluding carboxylic acids is 2. The third-order valence-corrected chi connectivity index (χ3v) is 6.10. The van der Waals surface area contributed by atoms with Crippen molar-refractivity contribution >= 4 is 12.4 Å². The van der Waals surface area contributed by atoms with Gasteiger partial charge in [-0.3, -0.25) is 9.59 Å². The van der Waals surface area contributed by atoms with Crippen LogP contribution in [0.25, 0.3) is 34.2 Å². The van der Waals surface area contributed by atoms with Gasteiger partial charge in [0.05, 0.1) is 5.56 Å². The first-order valence-corrected chi connectivity index (χ1v) is 12.2. The normalized spacial score (nSPS) is 11.7. The molecule has 1 N–H and O–H groups in total. The Morgan fingerprint density at radius 1 is 0.974 bits per heavy atom. The average molecular weight is 526 g/mol. The zero-order valence-electron chi connectivity index (χ0n) is 21.2. The molecule has 5 aromatic rings. The fraction of sp³-hybridized carbons (Fsp3) is 0.133. The number of hydrogen-bond donors (Lipinski definition) is 1. The van der Waals surface area contributed by atoms with Gasteiger partial charge >= 0.3 is 0 Å². The van der Waals surface area contributed by atoms with Gasteiger partial charge in [-0.1, -0.05) is 58.7 Å². The highest BCUT2D eigenvalue weighted by Crippen LogP contribution is 2.26. The van der Waals surface area contributed by atoms with Crippen molar-refractivity contribution in [3.05, 3.63) is 107 Å². The fourth-order valence-corrected chi connectivity index (χ4v) is 3.98. The third kappa shape index (κ3) is 5.93. The molecule has 0 aliphatic heterocycles. The van der Waals surface area contributed by atoms with Crippen molar-refractivity contribution in [2.75, 3.05) is 0 Å². The molecule has 1 atom stereocenters. The number of furan rings is 1. The number of amides is 1. The maximum atomic E-state index is 15.0. The van der Waals surface area contributed by atoms with Gasteiger partial charge in [-0.05, 0) is 55.8 Å². The maximum Gasteiger partial charge on any atom is 0.295 e. The van der Waals surface area contributed by atoms with Crippen LogP contribution in [0.5, 0.6) is 0 Å². The minimum Gasteiger partial charge on any atom is -0.451 e. The van der Waals surface area contributed by atoms with Crippen LogP contribution in [0.3, 0.4) is 0 Å². The van der Waals surface area contributed by atoms with Crippen molar-refractivity contribution in [2.24, 2.45) is 0 Å². The van der Waals surface area contributed by atoms with Crippen molar-refractivity contribution in [1.82, 2.24) is 15.5 Å². The quantitative estimate of drug-likeness (QED) is 0.189. The van der Waals surface area contributed by atoms with Gasteiger partial charge < -0.3 is 19.0 Å². The number of carbonyl (C=O) groups is 2. The summed E-state index contributed by atoms with van der Waals surface area (Å²) >= 11 is 0. The second-order valence-corrected chi connectivity index (χ2v) is 9.03. The predicted octanol–water partition coefficient (Wildman–Crippen LogP) is 5.89. The van der Waals surface area contributed by atoms with Crippen LogP contribution in [0.2, 0.25) is 0 Å². The number of rotatable bonds is 9. The molecule has 8 nitrogen and oxygen atoms in total. The summed E-state index contributed by atoms with van der Waals surface area (Å²) in [6, 6.07) is 22.8. The summed E-state index contributed by atoms with van der Waals surface area (Å²) in [7, 11) is 0. The lowest BCUT2D eigenvalue weighted by atomic mass is 10.1. The number of nitrogens with zero attached hydrogens (tertiary/aromatic N) is 2. The van der Waals surface area contributed by atoms with Crippen molar-refractivity contribution in [1.29, 1.82) is 0 Å². The molecule has 0 spiro atoms. The van der Waals surface area contributed by atoms with Gasteiger partial charge in [0, 0.05) is 17.5 Å². The molecule has 0 saturated heterocycles. The van der Waals surface area contributed by atoms with E-state index in [0.717, 1.165) is 22.3 Å². The first kappa shape index (κ1) is 25.6. The van der Waals surface area contributed by atoms with Crippen LogP contribution in [-0.4, -0.2) is 28.7 Å². The number of benzene rings is 3. The Hall–Kier alpha value is -5.05. The number of hydrogen-bond acceptors (Lipinski definition) is 7. The van der Waals surface area contributed by atoms with Crippen molar-refractivity contribution in [3.63, 3.8) is 0 Å². The van der Waals surface area contributed by atoms with Crippen molar-refractivity contribution in [2.45, 2.75) is 26.5 Å². The standard InChI is InChI=1S/C30H24FN3O5/c1-18-3-8-21(9-4-18)25-13-14-26(38-25)29(36)32-27(37-17-35)16-20-7-12-23(24(31)15-20)28-33-30(39-34-28)22-10-5-19(2)6-11-22/h3-15,17,27H,16H2,1-2H3,(H,32,36)/t27-/m0/s1. The van der Waals surface area contributed by atoms with E-state index in [9.17, 15) is 9.59 Å². The van der Waals surface area contributed by atoms with Gasteiger partial charge in [-0.15, -0.1) is 0 Å². The van der Waals surface area contributed by atoms with Crippen molar-refractivity contribution < 1.29 is 27.7 Å². The van der Waals surface area contributed by atoms with E-state index < -0.39 is 18.0 Å². The van der Waals surface area contributed by atoms with Crippen LogP contribution < -0.4 is 5.32 Å². The zero-order chi connectivity index (χ0) is 27.4. The van der Waals surface area contributed by atoms with Gasteiger partial charge in [0.15, 0.2) is 12.0 Å². The molecule has 0 saturated carbocycles. The Balaban J connectivity index is 1.27. The SMILES string of the molecule is Cc1ccc(-c2ccc(C(=O)N[C@H](Cc3ccc(-c4noc(-c5ccc(C)cc5)n4)c(F)c3)OC=O)o2)cc1. The molecule has 0 unspecified atom stereocenters. The number of halogens is 1. The summed E-state index contributed by atoms with van der Waals surface area (Å²) in [5.41, 5.74) is 4.37. The molecule has 2 aromatic heterocycles. The topological polar surface area (TPSA) is 107 Å². The van der Waals surface area contributed by atoms with Crippen LogP contribution in [0, 0.1) is 19.7 Å². The molecule has 39 heavy (non-hydrogen) atoms. The third-order valence-electron chi connectivity index (χ3n) is 6.10. The second-order valence-electron chi connectivity index (χ2n) is 9.03. The van der Waals surface area contributed by atoms with Crippen LogP contribution in [-0.2, 0) is 16.0 Å². The maximum absolute atomic E-state index is 15.0. The molecule has 9 heteroatoms. The molecule has 0 fully saturated rings. The Labute approximate surface area is 223 Å². The Morgan fingerprint density at radius 3 is 2.33 bits per heavy atom. The molecular formula is C30H24FN3O5. The Kier molecular flexibility index (Phi) is 7.31. The summed E-state index contributed by atoms with van der Waals surface area (Å²) in [5.74, 6) is -0.211. The molecule has 3 aromatic carbocycles. The summed E-state index contributed by atoms with van der Waals surface area (Å²) in [5, 5.41) is 6.50. The smallest absolute Gasteiger partial charge is 0.295 e. The zero-order valence-corrected chi connectivity index (χ0v) is 21.2. The van der Waals surface area contributed by atoms with Gasteiger partial charge in [0.2, 0.25) is 5.82 Å². The first-order valence-electron chi connectivity index (χ1n) is 12.2. The van der Waals surface area contributed by atoms with Crippen LogP contribution in [0.4, 0.5) is 4.39 Å². The summed E-state index contributed by atoms with van der Waals surface area (Å²) in [4.78, 5) is 28.2. The van der Waals surface area contributed by atoms with Crippen LogP contribution in [0.15, 0.2) is 87.8 Å². The molecule has 196 valence electrons. The minimum atomic E-state index is -1.05. The van der Waals surface area contributed by atoms with E-state index in [1.807, 2.05) is 62.4 Å². The highest BCUT2D eigenvalue weighted by atomic mass is 19.1. The van der Waals surface area contributed by atoms with E-state index in [2.05, 4.69) is 15.5 Å². The lowest BCUT2D eigenvalue weighted by Gasteiger charge is -2.16. The van der Waals surface area contributed by atoms with Crippen molar-refractivity contribution in [3.8, 4) is 34.2 Å². The van der Waals surface area contributed by atoms with E-state index in [1.54, 1.807) is 12.1 Å². The largest absolute Gasteiger partial charge is 0.451 e. The van der Waals surface area contributed by atoms with E-state index in [1.165, 1.54) is 18.2 Å². The number of aryl methyl sites for hydroxylation is 2. The highest BCUT2D eigenvalue weighted by molar-refractivity contribution is 5.92. The molecule has 5 rings (SSSR count). The predicted molar refractivity (Wildman–Crippen MR) is 141 cm³/mol. The number of ether oxygens (including phenoxy) is 1. The summed E-state index contributed by atoms with van der Waals surface area (Å²) < 4.78 is 31.1. The highest BCUT2D eigenvalue weighted by Gasteiger charge is 2.20. The number of nitrogens with one attached hydrogen (secondary N) is 1. The monoisotopic (exact) mass is 525 g/mol. The molecule has 0 radical (unpaired) electrons. The van der Waals surface area contributed by atoms with E-state index in [0.29, 0.717) is 11.3 Å². The molecule has 0 aliphatic rings. The van der Waals surface area contributed by atoms with E-state index in [-0.39, 0.29) is 35.9 Å². The lowest BCUT2D eigenvalue weighted by molar-refractivity contribution is -0.134. The van der Waals surface area contributed by atoms with Crippen LogP contribution in [0.1, 0.15) is 27.2 Å². The summed E-state index contributed by atoms with van der Waals surface area (Å²) in [6.07, 6.45) is -1.03. The Bertz CT molecular complexity index is 1610. The van der Waals surface area contributed by atoms with Crippen LogP contribution >= 0.6 is 0 Å². The average Bonchev–Trinajstić information content (AvgIpc) is 3.61. The van der Waals surface area contributed by atoms with E-state index >= 15 is 4.39 Å². The fourth-order valence-electron chi connectivity index (χ4n) is 3.98. The molecule has 2 heterocycles. The second kappa shape index (κ2) is 11.1. The number of aromatic nitrogens is 2. The molecular weight excluding hydrogens is 501 g/mol.